The van der Waals surface area contributed by atoms with Crippen LogP contribution in [0, 0.1) is 5.92 Å². The largest absolute Gasteiger partial charge is 0.493 e. The van der Waals surface area contributed by atoms with Crippen molar-refractivity contribution >= 4 is 11.9 Å². The molecule has 0 amide bonds. The van der Waals surface area contributed by atoms with E-state index in [-0.39, 0.29) is 11.9 Å². The van der Waals surface area contributed by atoms with Crippen LogP contribution in [-0.2, 0) is 16.0 Å². The summed E-state index contributed by atoms with van der Waals surface area (Å²) in [7, 11) is 6.50. The Morgan fingerprint density at radius 3 is 2.46 bits per heavy atom. The van der Waals surface area contributed by atoms with Crippen molar-refractivity contribution in [2.75, 3.05) is 48.0 Å². The van der Waals surface area contributed by atoms with Crippen molar-refractivity contribution in [2.45, 2.75) is 19.3 Å². The first-order valence-electron chi connectivity index (χ1n) is 8.87. The number of hydrogen-bond acceptors (Lipinski definition) is 5. The molecule has 144 valence electrons. The van der Waals surface area contributed by atoms with E-state index in [9.17, 15) is 4.79 Å². The number of rotatable bonds is 6. The summed E-state index contributed by atoms with van der Waals surface area (Å²) in [5.41, 5.74) is 1.16. The van der Waals surface area contributed by atoms with E-state index in [1.165, 1.54) is 7.11 Å². The van der Waals surface area contributed by atoms with E-state index in [1.807, 2.05) is 18.2 Å². The Bertz CT molecular complexity index is 625. The third-order valence-electron chi connectivity index (χ3n) is 4.69. The lowest BCUT2D eigenvalue weighted by Crippen LogP contribution is -2.47. The molecule has 0 saturated carbocycles. The van der Waals surface area contributed by atoms with Crippen LogP contribution in [0.15, 0.2) is 23.2 Å². The monoisotopic (exact) mass is 363 g/mol. The maximum absolute atomic E-state index is 11.6. The van der Waals surface area contributed by atoms with Gasteiger partial charge in [0.25, 0.3) is 0 Å². The van der Waals surface area contributed by atoms with Gasteiger partial charge in [-0.25, -0.2) is 0 Å². The number of hydrogen-bond donors (Lipinski definition) is 1. The van der Waals surface area contributed by atoms with Crippen molar-refractivity contribution in [3.63, 3.8) is 0 Å². The minimum atomic E-state index is -0.110. The number of nitrogens with one attached hydrogen (secondary N) is 1. The zero-order valence-electron chi connectivity index (χ0n) is 16.1. The lowest BCUT2D eigenvalue weighted by Gasteiger charge is -2.33. The van der Waals surface area contributed by atoms with Crippen molar-refractivity contribution in [2.24, 2.45) is 10.9 Å². The van der Waals surface area contributed by atoms with Gasteiger partial charge in [-0.2, -0.15) is 0 Å². The van der Waals surface area contributed by atoms with E-state index in [1.54, 1.807) is 21.3 Å². The number of piperidine rings is 1. The predicted molar refractivity (Wildman–Crippen MR) is 101 cm³/mol. The quantitative estimate of drug-likeness (QED) is 0.471. The molecule has 1 N–H and O–H groups in total. The number of nitrogens with zero attached hydrogens (tertiary/aromatic N) is 2. The Hall–Kier alpha value is -2.44. The average Bonchev–Trinajstić information content (AvgIpc) is 2.70. The zero-order chi connectivity index (χ0) is 18.9. The van der Waals surface area contributed by atoms with Crippen molar-refractivity contribution in [3.05, 3.63) is 23.8 Å². The highest BCUT2D eigenvalue weighted by Crippen LogP contribution is 2.27. The summed E-state index contributed by atoms with van der Waals surface area (Å²) in [6.07, 6.45) is 2.43. The maximum atomic E-state index is 11.6. The molecule has 1 aliphatic heterocycles. The third kappa shape index (κ3) is 5.03. The van der Waals surface area contributed by atoms with Crippen LogP contribution >= 0.6 is 0 Å². The molecule has 1 aliphatic rings. The number of esters is 1. The minimum absolute atomic E-state index is 0.00104. The number of ether oxygens (including phenoxy) is 3. The molecule has 2 rings (SSSR count). The first kappa shape index (κ1) is 19.9. The first-order chi connectivity index (χ1) is 12.6. The van der Waals surface area contributed by atoms with Crippen LogP contribution in [0.5, 0.6) is 11.5 Å². The molecule has 1 aromatic rings. The van der Waals surface area contributed by atoms with Crippen LogP contribution in [0.1, 0.15) is 18.4 Å². The molecule has 0 atom stereocenters. The number of likely N-dealkylation sites (tertiary alicyclic amines) is 1. The number of benzene rings is 1. The van der Waals surface area contributed by atoms with Crippen molar-refractivity contribution in [3.8, 4) is 11.5 Å². The Kier molecular flexibility index (Phi) is 7.56. The number of carbonyl (C=O) groups excluding carboxylic acids is 1. The molecule has 1 saturated heterocycles. The Balaban J connectivity index is 1.84. The maximum Gasteiger partial charge on any atom is 0.308 e. The second-order valence-electron chi connectivity index (χ2n) is 6.20. The van der Waals surface area contributed by atoms with Gasteiger partial charge < -0.3 is 24.4 Å². The molecule has 1 fully saturated rings. The smallest absolute Gasteiger partial charge is 0.308 e. The van der Waals surface area contributed by atoms with Crippen LogP contribution < -0.4 is 14.8 Å². The highest BCUT2D eigenvalue weighted by molar-refractivity contribution is 5.80. The fourth-order valence-electron chi connectivity index (χ4n) is 3.18. The molecule has 0 unspecified atom stereocenters. The van der Waals surface area contributed by atoms with Gasteiger partial charge in [0.05, 0.1) is 27.2 Å². The summed E-state index contributed by atoms with van der Waals surface area (Å²) in [5.74, 6) is 2.23. The standard InChI is InChI=1S/C19H29N3O4/c1-20-19(22-11-8-15(9-12-22)18(23)26-4)21-10-7-14-5-6-16(24-2)17(13-14)25-3/h5-6,13,15H,7-12H2,1-4H3,(H,20,21). The average molecular weight is 363 g/mol. The molecule has 1 aromatic carbocycles. The molecule has 7 nitrogen and oxygen atoms in total. The number of guanidine groups is 1. The summed E-state index contributed by atoms with van der Waals surface area (Å²) < 4.78 is 15.4. The summed E-state index contributed by atoms with van der Waals surface area (Å²) >= 11 is 0. The van der Waals surface area contributed by atoms with Crippen molar-refractivity contribution in [1.82, 2.24) is 10.2 Å². The molecular formula is C19H29N3O4. The minimum Gasteiger partial charge on any atom is -0.493 e. The number of carbonyl (C=O) groups is 1. The van der Waals surface area contributed by atoms with Gasteiger partial charge in [-0.1, -0.05) is 6.07 Å². The molecule has 7 heteroatoms. The van der Waals surface area contributed by atoms with E-state index in [4.69, 9.17) is 14.2 Å². The predicted octanol–water partition coefficient (Wildman–Crippen LogP) is 1.71. The fraction of sp³-hybridized carbons (Fsp3) is 0.579. The summed E-state index contributed by atoms with van der Waals surface area (Å²) in [4.78, 5) is 18.2. The number of aliphatic imine (C=N–C) groups is 1. The van der Waals surface area contributed by atoms with Gasteiger partial charge in [0.1, 0.15) is 0 Å². The molecule has 0 aromatic heterocycles. The van der Waals surface area contributed by atoms with Gasteiger partial charge in [0.2, 0.25) is 0 Å². The molecule has 26 heavy (non-hydrogen) atoms. The SMILES string of the molecule is CN=C(NCCc1ccc(OC)c(OC)c1)N1CCC(C(=O)OC)CC1. The van der Waals surface area contributed by atoms with Crippen LogP contribution in [-0.4, -0.2) is 64.8 Å². The lowest BCUT2D eigenvalue weighted by molar-refractivity contribution is -0.146. The van der Waals surface area contributed by atoms with Crippen molar-refractivity contribution in [1.29, 1.82) is 0 Å². The topological polar surface area (TPSA) is 72.4 Å². The zero-order valence-corrected chi connectivity index (χ0v) is 16.1. The molecule has 1 heterocycles. The fourth-order valence-corrected chi connectivity index (χ4v) is 3.18. The van der Waals surface area contributed by atoms with E-state index in [0.717, 1.165) is 61.9 Å². The summed E-state index contributed by atoms with van der Waals surface area (Å²) in [5, 5.41) is 3.40. The highest BCUT2D eigenvalue weighted by atomic mass is 16.5. The highest BCUT2D eigenvalue weighted by Gasteiger charge is 2.26. The van der Waals surface area contributed by atoms with E-state index in [2.05, 4.69) is 15.2 Å². The van der Waals surface area contributed by atoms with Gasteiger partial charge in [-0.05, 0) is 37.0 Å². The van der Waals surface area contributed by atoms with E-state index < -0.39 is 0 Å². The summed E-state index contributed by atoms with van der Waals surface area (Å²) in [6.45, 7) is 2.37. The molecule has 0 aliphatic carbocycles. The lowest BCUT2D eigenvalue weighted by atomic mass is 9.97. The Labute approximate surface area is 155 Å². The van der Waals surface area contributed by atoms with Gasteiger partial charge in [-0.15, -0.1) is 0 Å². The molecular weight excluding hydrogens is 334 g/mol. The van der Waals surface area contributed by atoms with Crippen LogP contribution in [0.2, 0.25) is 0 Å². The van der Waals surface area contributed by atoms with Crippen molar-refractivity contribution < 1.29 is 19.0 Å². The van der Waals surface area contributed by atoms with Gasteiger partial charge in [0, 0.05) is 26.7 Å². The van der Waals surface area contributed by atoms with Gasteiger partial charge in [0.15, 0.2) is 17.5 Å². The molecule has 0 spiro atoms. The van der Waals surface area contributed by atoms with Crippen LogP contribution in [0.4, 0.5) is 0 Å². The first-order valence-corrected chi connectivity index (χ1v) is 8.87. The second-order valence-corrected chi connectivity index (χ2v) is 6.20. The molecule has 0 bridgehead atoms. The van der Waals surface area contributed by atoms with Gasteiger partial charge in [-0.3, -0.25) is 9.79 Å². The van der Waals surface area contributed by atoms with Crippen LogP contribution in [0.25, 0.3) is 0 Å². The van der Waals surface area contributed by atoms with Crippen LogP contribution in [0.3, 0.4) is 0 Å². The molecule has 0 radical (unpaired) electrons. The van der Waals surface area contributed by atoms with E-state index in [0.29, 0.717) is 0 Å². The Morgan fingerprint density at radius 2 is 1.88 bits per heavy atom. The van der Waals surface area contributed by atoms with Gasteiger partial charge >= 0.3 is 5.97 Å². The normalized spacial score (nSPS) is 15.5. The Morgan fingerprint density at radius 1 is 1.19 bits per heavy atom. The van der Waals surface area contributed by atoms with E-state index >= 15 is 0 Å². The third-order valence-corrected chi connectivity index (χ3v) is 4.69. The number of methoxy groups -OCH3 is 3. The second kappa shape index (κ2) is 9.89. The summed E-state index contributed by atoms with van der Waals surface area (Å²) in [6, 6.07) is 5.94.